The molecular weight excluding hydrogens is 276 g/mol. The van der Waals surface area contributed by atoms with Crippen molar-refractivity contribution in [1.82, 2.24) is 0 Å². The van der Waals surface area contributed by atoms with E-state index in [0.29, 0.717) is 17.8 Å². The Balaban J connectivity index is 1.95. The Morgan fingerprint density at radius 3 is 2.27 bits per heavy atom. The Morgan fingerprint density at radius 1 is 1.14 bits per heavy atom. The maximum absolute atomic E-state index is 9.79. The predicted molar refractivity (Wildman–Crippen MR) is 89.6 cm³/mol. The van der Waals surface area contributed by atoms with Gasteiger partial charge in [-0.25, -0.2) is 0 Å². The van der Waals surface area contributed by atoms with E-state index in [9.17, 15) is 5.11 Å². The first-order chi connectivity index (χ1) is 9.96. The zero-order chi connectivity index (χ0) is 16.6. The summed E-state index contributed by atoms with van der Waals surface area (Å²) in [7, 11) is 0. The predicted octanol–water partition coefficient (Wildman–Crippen LogP) is 4.30. The van der Waals surface area contributed by atoms with Gasteiger partial charge in [0.1, 0.15) is 0 Å². The molecule has 128 valence electrons. The molecule has 3 heteroatoms. The van der Waals surface area contributed by atoms with Crippen LogP contribution in [-0.2, 0) is 9.47 Å². The lowest BCUT2D eigenvalue weighted by molar-refractivity contribution is -0.285. The summed E-state index contributed by atoms with van der Waals surface area (Å²) in [5.41, 5.74) is -0.130. The summed E-state index contributed by atoms with van der Waals surface area (Å²) in [6.45, 7) is 14.1. The van der Waals surface area contributed by atoms with Gasteiger partial charge in [-0.1, -0.05) is 26.0 Å². The van der Waals surface area contributed by atoms with Crippen LogP contribution in [0.1, 0.15) is 67.2 Å². The summed E-state index contributed by atoms with van der Waals surface area (Å²) >= 11 is 0. The molecule has 22 heavy (non-hydrogen) atoms. The van der Waals surface area contributed by atoms with Gasteiger partial charge in [0.15, 0.2) is 5.79 Å². The fourth-order valence-corrected chi connectivity index (χ4v) is 3.95. The van der Waals surface area contributed by atoms with Gasteiger partial charge in [-0.2, -0.15) is 0 Å². The summed E-state index contributed by atoms with van der Waals surface area (Å²) in [6, 6.07) is 0. The van der Waals surface area contributed by atoms with Gasteiger partial charge in [0.2, 0.25) is 0 Å². The van der Waals surface area contributed by atoms with Crippen LogP contribution in [0.3, 0.4) is 0 Å². The van der Waals surface area contributed by atoms with Crippen molar-refractivity contribution in [3.63, 3.8) is 0 Å². The fourth-order valence-electron chi connectivity index (χ4n) is 3.95. The molecule has 2 fully saturated rings. The average molecular weight is 310 g/mol. The molecule has 1 heterocycles. The highest BCUT2D eigenvalue weighted by molar-refractivity contribution is 5.04. The normalized spacial score (nSPS) is 34.6. The molecule has 1 aliphatic heterocycles. The molecule has 1 aliphatic carbocycles. The molecule has 0 aromatic carbocycles. The molecule has 0 bridgehead atoms. The van der Waals surface area contributed by atoms with Crippen molar-refractivity contribution in [2.75, 3.05) is 13.2 Å². The van der Waals surface area contributed by atoms with E-state index in [1.165, 1.54) is 6.42 Å². The zero-order valence-corrected chi connectivity index (χ0v) is 15.2. The lowest BCUT2D eigenvalue weighted by atomic mass is 9.76. The van der Waals surface area contributed by atoms with E-state index in [4.69, 9.17) is 9.47 Å². The minimum absolute atomic E-state index is 0.188. The molecule has 1 spiro atoms. The van der Waals surface area contributed by atoms with Gasteiger partial charge in [0, 0.05) is 5.41 Å². The van der Waals surface area contributed by atoms with Crippen LogP contribution in [0.4, 0.5) is 0 Å². The number of hydrogen-bond donors (Lipinski definition) is 1. The molecule has 0 radical (unpaired) electrons. The van der Waals surface area contributed by atoms with Gasteiger partial charge < -0.3 is 14.6 Å². The smallest absolute Gasteiger partial charge is 0.162 e. The molecule has 1 N–H and O–H groups in total. The average Bonchev–Trinajstić information content (AvgIpc) is 2.62. The van der Waals surface area contributed by atoms with Crippen molar-refractivity contribution in [3.8, 4) is 0 Å². The van der Waals surface area contributed by atoms with Crippen LogP contribution in [0.2, 0.25) is 0 Å². The minimum Gasteiger partial charge on any atom is -0.390 e. The third-order valence-corrected chi connectivity index (χ3v) is 5.53. The SMILES string of the molecule is C[C@@H]1CC2(COC(C)(C)OC2)C[C@]1(C)C/C=C\CC(C)(C)O. The molecule has 1 saturated carbocycles. The van der Waals surface area contributed by atoms with Crippen molar-refractivity contribution < 1.29 is 14.6 Å². The Labute approximate surface area is 136 Å². The highest BCUT2D eigenvalue weighted by atomic mass is 16.7. The Kier molecular flexibility index (Phi) is 4.83. The van der Waals surface area contributed by atoms with E-state index < -0.39 is 11.4 Å². The second-order valence-corrected chi connectivity index (χ2v) is 9.11. The van der Waals surface area contributed by atoms with Gasteiger partial charge >= 0.3 is 0 Å². The highest BCUT2D eigenvalue weighted by Gasteiger charge is 2.52. The van der Waals surface area contributed by atoms with Crippen molar-refractivity contribution in [2.45, 2.75) is 78.6 Å². The van der Waals surface area contributed by atoms with Crippen LogP contribution in [0, 0.1) is 16.7 Å². The summed E-state index contributed by atoms with van der Waals surface area (Å²) < 4.78 is 11.9. The van der Waals surface area contributed by atoms with Gasteiger partial charge in [0.05, 0.1) is 18.8 Å². The lowest BCUT2D eigenvalue weighted by Crippen LogP contribution is -2.45. The van der Waals surface area contributed by atoms with E-state index in [-0.39, 0.29) is 5.41 Å². The maximum Gasteiger partial charge on any atom is 0.162 e. The fraction of sp³-hybridized carbons (Fsp3) is 0.895. The van der Waals surface area contributed by atoms with Gasteiger partial charge in [-0.3, -0.25) is 0 Å². The molecule has 2 aliphatic rings. The van der Waals surface area contributed by atoms with Crippen LogP contribution in [0.15, 0.2) is 12.2 Å². The molecular formula is C19H34O3. The van der Waals surface area contributed by atoms with E-state index in [0.717, 1.165) is 26.1 Å². The molecule has 0 unspecified atom stereocenters. The van der Waals surface area contributed by atoms with Crippen molar-refractivity contribution in [1.29, 1.82) is 0 Å². The third kappa shape index (κ3) is 4.33. The molecule has 2 rings (SSSR count). The number of hydrogen-bond acceptors (Lipinski definition) is 3. The first-order valence-electron chi connectivity index (χ1n) is 8.61. The minimum atomic E-state index is -0.615. The molecule has 3 nitrogen and oxygen atoms in total. The van der Waals surface area contributed by atoms with Crippen LogP contribution in [-0.4, -0.2) is 29.7 Å². The highest BCUT2D eigenvalue weighted by Crippen LogP contribution is 2.56. The first kappa shape index (κ1) is 18.0. The summed E-state index contributed by atoms with van der Waals surface area (Å²) in [6.07, 6.45) is 8.49. The van der Waals surface area contributed by atoms with Gasteiger partial charge in [0.25, 0.3) is 0 Å². The zero-order valence-electron chi connectivity index (χ0n) is 15.2. The van der Waals surface area contributed by atoms with E-state index in [1.807, 2.05) is 27.7 Å². The third-order valence-electron chi connectivity index (χ3n) is 5.53. The molecule has 0 aromatic heterocycles. The standard InChI is InChI=1S/C19H34O3/c1-15-11-19(13-21-17(4,5)22-14-19)12-18(15,6)10-8-7-9-16(2,3)20/h7-8,15,20H,9-14H2,1-6H3/b8-7-/t15-,18+/m1/s1. The first-order valence-corrected chi connectivity index (χ1v) is 8.61. The number of rotatable bonds is 4. The van der Waals surface area contributed by atoms with Crippen LogP contribution in [0.25, 0.3) is 0 Å². The van der Waals surface area contributed by atoms with E-state index >= 15 is 0 Å². The number of allylic oxidation sites excluding steroid dienone is 1. The second kappa shape index (κ2) is 5.92. The molecule has 2 atom stereocenters. The Hall–Kier alpha value is -0.380. The Bertz CT molecular complexity index is 409. The van der Waals surface area contributed by atoms with Crippen molar-refractivity contribution in [2.24, 2.45) is 16.7 Å². The van der Waals surface area contributed by atoms with Crippen molar-refractivity contribution >= 4 is 0 Å². The lowest BCUT2D eigenvalue weighted by Gasteiger charge is -2.42. The molecule has 1 saturated heterocycles. The Morgan fingerprint density at radius 2 is 1.73 bits per heavy atom. The van der Waals surface area contributed by atoms with Gasteiger partial charge in [-0.15, -0.1) is 0 Å². The van der Waals surface area contributed by atoms with Crippen molar-refractivity contribution in [3.05, 3.63) is 12.2 Å². The maximum atomic E-state index is 9.79. The topological polar surface area (TPSA) is 38.7 Å². The van der Waals surface area contributed by atoms with Crippen LogP contribution >= 0.6 is 0 Å². The van der Waals surface area contributed by atoms with Gasteiger partial charge in [-0.05, 0) is 64.7 Å². The molecule has 0 amide bonds. The van der Waals surface area contributed by atoms with Crippen LogP contribution in [0.5, 0.6) is 0 Å². The van der Waals surface area contributed by atoms with E-state index in [1.54, 1.807) is 0 Å². The molecule has 0 aromatic rings. The summed E-state index contributed by atoms with van der Waals surface area (Å²) in [4.78, 5) is 0. The van der Waals surface area contributed by atoms with E-state index in [2.05, 4.69) is 26.0 Å². The monoisotopic (exact) mass is 310 g/mol. The summed E-state index contributed by atoms with van der Waals surface area (Å²) in [5.74, 6) is 0.229. The quantitative estimate of drug-likeness (QED) is 0.787. The summed E-state index contributed by atoms with van der Waals surface area (Å²) in [5, 5.41) is 9.79. The number of aliphatic hydroxyl groups is 1. The number of ether oxygens (including phenoxy) is 2. The largest absolute Gasteiger partial charge is 0.390 e. The second-order valence-electron chi connectivity index (χ2n) is 9.11. The van der Waals surface area contributed by atoms with Crippen LogP contribution < -0.4 is 0 Å².